The van der Waals surface area contributed by atoms with Gasteiger partial charge in [0, 0.05) is 44.0 Å². The van der Waals surface area contributed by atoms with Crippen LogP contribution in [0.15, 0.2) is 18.3 Å². The fourth-order valence-electron chi connectivity index (χ4n) is 4.44. The van der Waals surface area contributed by atoms with Crippen molar-refractivity contribution in [3.8, 4) is 5.75 Å². The molecule has 2 aliphatic heterocycles. The fraction of sp³-hybridized carbons (Fsp3) is 0.381. The van der Waals surface area contributed by atoms with Crippen LogP contribution in [0.5, 0.6) is 5.75 Å². The number of amides is 2. The molecule has 4 N–H and O–H groups in total. The Balaban J connectivity index is 1.71. The number of nitrogens with one attached hydrogen (secondary N) is 3. The summed E-state index contributed by atoms with van der Waals surface area (Å²) >= 11 is 0. The molecule has 176 valence electrons. The minimum absolute atomic E-state index is 0.0476. The number of hydrogen-bond acceptors (Lipinski definition) is 6. The van der Waals surface area contributed by atoms with Crippen LogP contribution in [0.4, 0.5) is 13.2 Å². The predicted molar refractivity (Wildman–Crippen MR) is 110 cm³/mol. The van der Waals surface area contributed by atoms with Crippen LogP contribution >= 0.6 is 0 Å². The number of fused-ring (bicyclic) bond motifs is 3. The van der Waals surface area contributed by atoms with E-state index in [2.05, 4.69) is 10.6 Å². The van der Waals surface area contributed by atoms with E-state index >= 15 is 0 Å². The van der Waals surface area contributed by atoms with E-state index in [1.807, 2.05) is 5.01 Å². The van der Waals surface area contributed by atoms with E-state index in [0.29, 0.717) is 25.1 Å². The molecule has 12 heteroatoms. The number of rotatable bonds is 5. The standard InChI is InChI=1S/C21H23F3N6O3/c1-26-7-11-3-4-16-28(2)21(33)18-19(31)17(25)13(9-29(18)30(11)16)20(32)27-8-12-14(23)5-10(22)6-15(12)24/h5-6,9,11,16,25-26,31H,3-4,7-8H2,1-2H3,(H,27,32)/t11-,16-/m0/s1. The minimum atomic E-state index is -1.16. The molecule has 0 spiro atoms. The minimum Gasteiger partial charge on any atom is -0.504 e. The molecule has 2 aliphatic rings. The first-order valence-corrected chi connectivity index (χ1v) is 10.3. The highest BCUT2D eigenvalue weighted by Crippen LogP contribution is 2.32. The van der Waals surface area contributed by atoms with Crippen molar-refractivity contribution < 1.29 is 27.9 Å². The summed E-state index contributed by atoms with van der Waals surface area (Å²) in [5, 5.41) is 25.5. The number of hydrogen-bond donors (Lipinski definition) is 4. The van der Waals surface area contributed by atoms with Crippen molar-refractivity contribution in [1.82, 2.24) is 20.2 Å². The van der Waals surface area contributed by atoms with Crippen molar-refractivity contribution in [3.63, 3.8) is 0 Å². The van der Waals surface area contributed by atoms with Crippen LogP contribution in [0.1, 0.15) is 39.3 Å². The Bertz CT molecular complexity index is 1180. The molecule has 1 aromatic heterocycles. The summed E-state index contributed by atoms with van der Waals surface area (Å²) in [6.07, 6.45) is 2.40. The topological polar surface area (TPSA) is 114 Å². The van der Waals surface area contributed by atoms with Gasteiger partial charge in [-0.1, -0.05) is 0 Å². The van der Waals surface area contributed by atoms with Crippen LogP contribution in [0.25, 0.3) is 0 Å². The van der Waals surface area contributed by atoms with Crippen molar-refractivity contribution in [2.45, 2.75) is 31.6 Å². The van der Waals surface area contributed by atoms with Gasteiger partial charge in [0.2, 0.25) is 0 Å². The number of benzene rings is 1. The Labute approximate surface area is 186 Å². The molecule has 0 unspecified atom stereocenters. The lowest BCUT2D eigenvalue weighted by atomic mass is 10.1. The zero-order valence-electron chi connectivity index (χ0n) is 18.0. The van der Waals surface area contributed by atoms with Gasteiger partial charge in [-0.05, 0) is 19.9 Å². The molecular formula is C21H23F3N6O3. The summed E-state index contributed by atoms with van der Waals surface area (Å²) in [4.78, 5) is 27.2. The molecule has 4 rings (SSSR count). The Morgan fingerprint density at radius 2 is 1.91 bits per heavy atom. The summed E-state index contributed by atoms with van der Waals surface area (Å²) in [7, 11) is 3.40. The zero-order chi connectivity index (χ0) is 24.0. The van der Waals surface area contributed by atoms with Gasteiger partial charge >= 0.3 is 0 Å². The van der Waals surface area contributed by atoms with Gasteiger partial charge in [0.25, 0.3) is 11.8 Å². The first kappa shape index (κ1) is 22.6. The third-order valence-corrected chi connectivity index (χ3v) is 6.08. The van der Waals surface area contributed by atoms with Gasteiger partial charge in [0.05, 0.1) is 11.6 Å². The molecule has 0 saturated carbocycles. The lowest BCUT2D eigenvalue weighted by Gasteiger charge is -2.44. The highest BCUT2D eigenvalue weighted by atomic mass is 19.1. The van der Waals surface area contributed by atoms with Crippen LogP contribution in [-0.2, 0) is 6.54 Å². The molecule has 3 heterocycles. The first-order chi connectivity index (χ1) is 15.6. The number of aromatic nitrogens is 1. The number of halogens is 3. The number of nitrogens with zero attached hydrogens (tertiary/aromatic N) is 3. The molecule has 1 aromatic carbocycles. The molecule has 2 aromatic rings. The van der Waals surface area contributed by atoms with Crippen LogP contribution in [0.3, 0.4) is 0 Å². The summed E-state index contributed by atoms with van der Waals surface area (Å²) in [6, 6.07) is 0.950. The van der Waals surface area contributed by atoms with Gasteiger partial charge in [-0.3, -0.25) is 24.7 Å². The van der Waals surface area contributed by atoms with Gasteiger partial charge in [-0.25, -0.2) is 13.2 Å². The van der Waals surface area contributed by atoms with E-state index in [1.54, 1.807) is 14.1 Å². The fourth-order valence-corrected chi connectivity index (χ4v) is 4.44. The zero-order valence-corrected chi connectivity index (χ0v) is 18.0. The van der Waals surface area contributed by atoms with Crippen LogP contribution in [0, 0.1) is 22.9 Å². The smallest absolute Gasteiger partial charge is 0.277 e. The normalized spacial score (nSPS) is 19.5. The molecular weight excluding hydrogens is 441 g/mol. The van der Waals surface area contributed by atoms with Crippen molar-refractivity contribution in [3.05, 3.63) is 58.0 Å². The largest absolute Gasteiger partial charge is 0.504 e. The monoisotopic (exact) mass is 464 g/mol. The third kappa shape index (κ3) is 3.69. The highest BCUT2D eigenvalue weighted by molar-refractivity contribution is 5.99. The maximum atomic E-state index is 13.9. The van der Waals surface area contributed by atoms with Gasteiger partial charge in [-0.15, -0.1) is 0 Å². The quantitative estimate of drug-likeness (QED) is 0.522. The average Bonchev–Trinajstić information content (AvgIpc) is 3.17. The molecule has 33 heavy (non-hydrogen) atoms. The summed E-state index contributed by atoms with van der Waals surface area (Å²) in [5.41, 5.74) is -0.976. The molecule has 2 amide bonds. The van der Waals surface area contributed by atoms with Gasteiger partial charge in [0.15, 0.2) is 11.4 Å². The van der Waals surface area contributed by atoms with E-state index in [0.717, 1.165) is 6.42 Å². The Hall–Kier alpha value is -3.54. The molecule has 0 aliphatic carbocycles. The predicted octanol–water partition coefficient (Wildman–Crippen LogP) is 0.752. The van der Waals surface area contributed by atoms with E-state index in [9.17, 15) is 27.9 Å². The van der Waals surface area contributed by atoms with Crippen LogP contribution in [0.2, 0.25) is 0 Å². The molecule has 2 atom stereocenters. The third-order valence-electron chi connectivity index (χ3n) is 6.08. The number of carbonyl (C=O) groups excluding carboxylic acids is 2. The maximum absolute atomic E-state index is 13.9. The lowest BCUT2D eigenvalue weighted by molar-refractivity contribution is 0.0647. The Morgan fingerprint density at radius 1 is 1.24 bits per heavy atom. The number of carbonyl (C=O) groups is 2. The van der Waals surface area contributed by atoms with Crippen molar-refractivity contribution in [2.24, 2.45) is 0 Å². The van der Waals surface area contributed by atoms with E-state index in [-0.39, 0.29) is 23.5 Å². The van der Waals surface area contributed by atoms with Crippen molar-refractivity contribution >= 4 is 11.8 Å². The molecule has 1 saturated heterocycles. The highest BCUT2D eigenvalue weighted by Gasteiger charge is 2.44. The van der Waals surface area contributed by atoms with E-state index in [4.69, 9.17) is 5.41 Å². The van der Waals surface area contributed by atoms with Crippen molar-refractivity contribution in [2.75, 3.05) is 25.6 Å². The summed E-state index contributed by atoms with van der Waals surface area (Å²) in [5.74, 6) is -5.46. The van der Waals surface area contributed by atoms with Gasteiger partial charge in [-0.2, -0.15) is 0 Å². The van der Waals surface area contributed by atoms with Gasteiger partial charge < -0.3 is 20.6 Å². The second-order valence-corrected chi connectivity index (χ2v) is 8.06. The molecule has 1 fully saturated rings. The lowest BCUT2D eigenvalue weighted by Crippen LogP contribution is -2.61. The molecule has 0 radical (unpaired) electrons. The van der Waals surface area contributed by atoms with E-state index in [1.165, 1.54) is 15.8 Å². The van der Waals surface area contributed by atoms with Crippen LogP contribution in [-0.4, -0.2) is 59.3 Å². The number of pyridine rings is 1. The summed E-state index contributed by atoms with van der Waals surface area (Å²) < 4.78 is 42.3. The second kappa shape index (κ2) is 8.43. The average molecular weight is 464 g/mol. The maximum Gasteiger partial charge on any atom is 0.277 e. The molecule has 9 nitrogen and oxygen atoms in total. The van der Waals surface area contributed by atoms with Crippen molar-refractivity contribution in [1.29, 1.82) is 5.41 Å². The Kier molecular flexibility index (Phi) is 5.78. The van der Waals surface area contributed by atoms with Crippen LogP contribution < -0.4 is 21.0 Å². The molecule has 0 bridgehead atoms. The first-order valence-electron chi connectivity index (χ1n) is 10.3. The summed E-state index contributed by atoms with van der Waals surface area (Å²) in [6.45, 7) is -0.0197. The number of aromatic hydroxyl groups is 1. The SMILES string of the molecule is CNC[C@@H]1CC[C@H]2N(C)C(=O)c3c(O)c(=N)c(C(=O)NCc4c(F)cc(F)cc4F)cn3N12. The van der Waals surface area contributed by atoms with Gasteiger partial charge in [0.1, 0.15) is 29.0 Å². The second-order valence-electron chi connectivity index (χ2n) is 8.06. The van der Waals surface area contributed by atoms with E-state index < -0.39 is 52.5 Å². The number of likely N-dealkylation sites (N-methyl/N-ethyl adjacent to an activating group) is 1. The Morgan fingerprint density at radius 3 is 2.55 bits per heavy atom.